The summed E-state index contributed by atoms with van der Waals surface area (Å²) in [7, 11) is 0. The van der Waals surface area contributed by atoms with E-state index in [-0.39, 0.29) is 17.5 Å². The summed E-state index contributed by atoms with van der Waals surface area (Å²) in [5.74, 6) is 0.707. The number of halogens is 1. The molecule has 1 aromatic heterocycles. The molecular formula is C27H34ClN3O2. The van der Waals surface area contributed by atoms with Crippen LogP contribution in [0.3, 0.4) is 0 Å². The Bertz CT molecular complexity index is 1140. The zero-order valence-electron chi connectivity index (χ0n) is 19.9. The number of unbranched alkanes of at least 4 members (excludes halogenated alkanes) is 3. The SMILES string of the molecule is CCCCCCC(=O)N(CCC)C(CC)c1nc2ccccc2c(=O)n1-c1cccc(Cl)c1. The van der Waals surface area contributed by atoms with Gasteiger partial charge < -0.3 is 4.90 Å². The number of carbonyl (C=O) groups excluding carboxylic acids is 1. The molecule has 3 aromatic rings. The number of aromatic nitrogens is 2. The van der Waals surface area contributed by atoms with Crippen molar-refractivity contribution < 1.29 is 4.79 Å². The highest BCUT2D eigenvalue weighted by atomic mass is 35.5. The molecule has 1 amide bonds. The minimum absolute atomic E-state index is 0.125. The summed E-state index contributed by atoms with van der Waals surface area (Å²) in [5.41, 5.74) is 1.15. The summed E-state index contributed by atoms with van der Waals surface area (Å²) in [6, 6.07) is 14.3. The molecule has 33 heavy (non-hydrogen) atoms. The molecule has 176 valence electrons. The molecule has 5 nitrogen and oxygen atoms in total. The van der Waals surface area contributed by atoms with Crippen molar-refractivity contribution in [1.82, 2.24) is 14.5 Å². The molecule has 1 heterocycles. The Morgan fingerprint density at radius 2 is 1.82 bits per heavy atom. The number of hydrogen-bond donors (Lipinski definition) is 0. The topological polar surface area (TPSA) is 55.2 Å². The average molecular weight is 468 g/mol. The summed E-state index contributed by atoms with van der Waals surface area (Å²) < 4.78 is 1.63. The smallest absolute Gasteiger partial charge is 0.266 e. The van der Waals surface area contributed by atoms with Gasteiger partial charge in [-0.25, -0.2) is 4.98 Å². The van der Waals surface area contributed by atoms with Crippen molar-refractivity contribution in [2.24, 2.45) is 0 Å². The second kappa shape index (κ2) is 12.0. The van der Waals surface area contributed by atoms with Gasteiger partial charge >= 0.3 is 0 Å². The first-order valence-electron chi connectivity index (χ1n) is 12.1. The van der Waals surface area contributed by atoms with Crippen molar-refractivity contribution >= 4 is 28.4 Å². The molecule has 1 atom stereocenters. The van der Waals surface area contributed by atoms with Crippen LogP contribution >= 0.6 is 11.6 Å². The van der Waals surface area contributed by atoms with E-state index in [2.05, 4.69) is 13.8 Å². The quantitative estimate of drug-likeness (QED) is 0.295. The second-order valence-corrected chi connectivity index (χ2v) is 8.87. The van der Waals surface area contributed by atoms with Gasteiger partial charge in [-0.3, -0.25) is 14.2 Å². The molecule has 6 heteroatoms. The lowest BCUT2D eigenvalue weighted by atomic mass is 10.1. The van der Waals surface area contributed by atoms with E-state index in [9.17, 15) is 9.59 Å². The van der Waals surface area contributed by atoms with Crippen LogP contribution in [0.2, 0.25) is 5.02 Å². The van der Waals surface area contributed by atoms with Crippen molar-refractivity contribution in [2.75, 3.05) is 6.54 Å². The van der Waals surface area contributed by atoms with Crippen LogP contribution in [0, 0.1) is 0 Å². The molecule has 0 aliphatic rings. The molecule has 0 saturated heterocycles. The van der Waals surface area contributed by atoms with E-state index < -0.39 is 0 Å². The van der Waals surface area contributed by atoms with Crippen molar-refractivity contribution in [3.8, 4) is 5.69 Å². The zero-order valence-corrected chi connectivity index (χ0v) is 20.6. The maximum absolute atomic E-state index is 13.7. The highest BCUT2D eigenvalue weighted by Crippen LogP contribution is 2.28. The van der Waals surface area contributed by atoms with Gasteiger partial charge in [-0.15, -0.1) is 0 Å². The number of carbonyl (C=O) groups is 1. The third-order valence-corrected chi connectivity index (χ3v) is 6.19. The molecule has 3 rings (SSSR count). The first kappa shape index (κ1) is 25.0. The number of para-hydroxylation sites is 1. The monoisotopic (exact) mass is 467 g/mol. The van der Waals surface area contributed by atoms with Gasteiger partial charge in [-0.1, -0.05) is 69.8 Å². The lowest BCUT2D eigenvalue weighted by Crippen LogP contribution is -2.39. The van der Waals surface area contributed by atoms with Gasteiger partial charge in [0, 0.05) is 18.0 Å². The zero-order chi connectivity index (χ0) is 23.8. The van der Waals surface area contributed by atoms with Crippen LogP contribution in [0.1, 0.15) is 77.6 Å². The molecule has 0 spiro atoms. The van der Waals surface area contributed by atoms with E-state index in [0.29, 0.717) is 46.8 Å². The molecule has 0 N–H and O–H groups in total. The fourth-order valence-electron chi connectivity index (χ4n) is 4.32. The van der Waals surface area contributed by atoms with Crippen molar-refractivity contribution in [2.45, 2.75) is 71.8 Å². The van der Waals surface area contributed by atoms with E-state index >= 15 is 0 Å². The van der Waals surface area contributed by atoms with Crippen LogP contribution in [-0.4, -0.2) is 26.9 Å². The molecular weight excluding hydrogens is 434 g/mol. The highest BCUT2D eigenvalue weighted by Gasteiger charge is 2.28. The summed E-state index contributed by atoms with van der Waals surface area (Å²) in [6.07, 6.45) is 6.23. The predicted molar refractivity (Wildman–Crippen MR) is 136 cm³/mol. The van der Waals surface area contributed by atoms with E-state index in [1.54, 1.807) is 22.8 Å². The van der Waals surface area contributed by atoms with Gasteiger partial charge in [0.25, 0.3) is 5.56 Å². The standard InChI is InChI=1S/C27H34ClN3O2/c1-4-7-8-9-17-25(32)30(18-5-2)24(6-3)26-29-23-16-11-10-15-22(23)27(33)31(26)21-14-12-13-20(28)19-21/h10-16,19,24H,4-9,17-18H2,1-3H3. The van der Waals surface area contributed by atoms with Gasteiger partial charge in [0.2, 0.25) is 5.91 Å². The van der Waals surface area contributed by atoms with Crippen LogP contribution in [0.25, 0.3) is 16.6 Å². The Labute approximate surface area is 201 Å². The Hall–Kier alpha value is -2.66. The normalized spacial score (nSPS) is 12.1. The fourth-order valence-corrected chi connectivity index (χ4v) is 4.51. The van der Waals surface area contributed by atoms with Gasteiger partial charge in [-0.05, 0) is 49.6 Å². The summed E-state index contributed by atoms with van der Waals surface area (Å²) in [6.45, 7) is 6.91. The molecule has 0 bridgehead atoms. The minimum atomic E-state index is -0.306. The maximum atomic E-state index is 13.7. The first-order chi connectivity index (χ1) is 16.0. The Balaban J connectivity index is 2.14. The van der Waals surface area contributed by atoms with E-state index in [1.165, 1.54) is 0 Å². The predicted octanol–water partition coefficient (Wildman–Crippen LogP) is 6.70. The highest BCUT2D eigenvalue weighted by molar-refractivity contribution is 6.30. The maximum Gasteiger partial charge on any atom is 0.266 e. The molecule has 2 aromatic carbocycles. The van der Waals surface area contributed by atoms with Crippen molar-refractivity contribution in [3.05, 3.63) is 69.7 Å². The Kier molecular flexibility index (Phi) is 9.07. The van der Waals surface area contributed by atoms with Gasteiger partial charge in [0.15, 0.2) is 0 Å². The van der Waals surface area contributed by atoms with E-state index in [0.717, 1.165) is 32.1 Å². The Morgan fingerprint density at radius 1 is 1.03 bits per heavy atom. The average Bonchev–Trinajstić information content (AvgIpc) is 2.82. The van der Waals surface area contributed by atoms with Crippen molar-refractivity contribution in [1.29, 1.82) is 0 Å². The number of fused-ring (bicyclic) bond motifs is 1. The number of amides is 1. The Morgan fingerprint density at radius 3 is 2.52 bits per heavy atom. The van der Waals surface area contributed by atoms with Crippen LogP contribution in [0.4, 0.5) is 0 Å². The van der Waals surface area contributed by atoms with Crippen LogP contribution in [-0.2, 0) is 4.79 Å². The third kappa shape index (κ3) is 5.83. The van der Waals surface area contributed by atoms with E-state index in [4.69, 9.17) is 16.6 Å². The van der Waals surface area contributed by atoms with Crippen LogP contribution in [0.15, 0.2) is 53.3 Å². The fraction of sp³-hybridized carbons (Fsp3) is 0.444. The number of benzene rings is 2. The third-order valence-electron chi connectivity index (χ3n) is 5.96. The van der Waals surface area contributed by atoms with Gasteiger partial charge in [-0.2, -0.15) is 0 Å². The molecule has 0 fully saturated rings. The largest absolute Gasteiger partial charge is 0.333 e. The number of nitrogens with zero attached hydrogens (tertiary/aromatic N) is 3. The first-order valence-corrected chi connectivity index (χ1v) is 12.5. The summed E-state index contributed by atoms with van der Waals surface area (Å²) >= 11 is 6.28. The molecule has 0 aliphatic heterocycles. The number of hydrogen-bond acceptors (Lipinski definition) is 3. The molecule has 0 radical (unpaired) electrons. The lowest BCUT2D eigenvalue weighted by Gasteiger charge is -2.32. The summed E-state index contributed by atoms with van der Waals surface area (Å²) in [4.78, 5) is 33.8. The lowest BCUT2D eigenvalue weighted by molar-refractivity contribution is -0.134. The van der Waals surface area contributed by atoms with Gasteiger partial charge in [0.1, 0.15) is 5.82 Å². The van der Waals surface area contributed by atoms with Crippen LogP contribution < -0.4 is 5.56 Å². The van der Waals surface area contributed by atoms with Gasteiger partial charge in [0.05, 0.1) is 22.6 Å². The molecule has 1 unspecified atom stereocenters. The van der Waals surface area contributed by atoms with Crippen LogP contribution in [0.5, 0.6) is 0 Å². The van der Waals surface area contributed by atoms with Crippen molar-refractivity contribution in [3.63, 3.8) is 0 Å². The minimum Gasteiger partial charge on any atom is -0.333 e. The number of rotatable bonds is 11. The molecule has 0 aliphatic carbocycles. The molecule has 0 saturated carbocycles. The second-order valence-electron chi connectivity index (χ2n) is 8.43. The summed E-state index contributed by atoms with van der Waals surface area (Å²) in [5, 5.41) is 1.09. The van der Waals surface area contributed by atoms with E-state index in [1.807, 2.05) is 42.2 Å².